The first kappa shape index (κ1) is 18.4. The first-order valence-electron chi connectivity index (χ1n) is 9.12. The van der Waals surface area contributed by atoms with E-state index >= 15 is 0 Å². The fourth-order valence-electron chi connectivity index (χ4n) is 3.57. The van der Waals surface area contributed by atoms with Crippen molar-refractivity contribution in [3.8, 4) is 5.75 Å². The summed E-state index contributed by atoms with van der Waals surface area (Å²) < 4.78 is 7.08. The van der Waals surface area contributed by atoms with Crippen LogP contribution in [-0.2, 0) is 0 Å². The van der Waals surface area contributed by atoms with Crippen molar-refractivity contribution in [1.29, 1.82) is 0 Å². The van der Waals surface area contributed by atoms with Crippen LogP contribution in [0.25, 0.3) is 0 Å². The number of rotatable bonds is 5. The van der Waals surface area contributed by atoms with Crippen molar-refractivity contribution in [2.45, 2.75) is 26.3 Å². The first-order chi connectivity index (χ1) is 12.2. The molecule has 1 saturated heterocycles. The summed E-state index contributed by atoms with van der Waals surface area (Å²) in [5, 5.41) is 3.52. The topological polar surface area (TPSA) is 24.5 Å². The highest BCUT2D eigenvalue weighted by Gasteiger charge is 2.26. The SMILES string of the molecule is CCOc1ccc(Br)cc1C(c1cccc(C)c1)N1CCCNCC1. The molecule has 4 heteroatoms. The molecule has 0 spiro atoms. The van der Waals surface area contributed by atoms with Gasteiger partial charge in [0, 0.05) is 29.7 Å². The Balaban J connectivity index is 2.08. The van der Waals surface area contributed by atoms with E-state index in [9.17, 15) is 0 Å². The zero-order valence-electron chi connectivity index (χ0n) is 15.1. The maximum absolute atomic E-state index is 5.98. The summed E-state index contributed by atoms with van der Waals surface area (Å²) in [5.74, 6) is 0.981. The van der Waals surface area contributed by atoms with Crippen LogP contribution in [0.15, 0.2) is 46.9 Å². The molecule has 0 amide bonds. The Labute approximate surface area is 159 Å². The van der Waals surface area contributed by atoms with Crippen molar-refractivity contribution in [3.05, 3.63) is 63.6 Å². The Hall–Kier alpha value is -1.36. The maximum Gasteiger partial charge on any atom is 0.124 e. The van der Waals surface area contributed by atoms with Gasteiger partial charge in [0.05, 0.1) is 12.6 Å². The van der Waals surface area contributed by atoms with Gasteiger partial charge in [-0.15, -0.1) is 0 Å². The molecular weight excluding hydrogens is 376 g/mol. The lowest BCUT2D eigenvalue weighted by molar-refractivity contribution is 0.233. The Morgan fingerprint density at radius 1 is 1.16 bits per heavy atom. The van der Waals surface area contributed by atoms with E-state index in [2.05, 4.69) is 75.5 Å². The van der Waals surface area contributed by atoms with Gasteiger partial charge in [0.15, 0.2) is 0 Å². The molecule has 1 heterocycles. The number of benzene rings is 2. The number of ether oxygens (including phenoxy) is 1. The lowest BCUT2D eigenvalue weighted by Crippen LogP contribution is -2.33. The molecule has 1 atom stereocenters. The van der Waals surface area contributed by atoms with Gasteiger partial charge in [0.1, 0.15) is 5.75 Å². The maximum atomic E-state index is 5.98. The van der Waals surface area contributed by atoms with Gasteiger partial charge in [0.2, 0.25) is 0 Å². The third-order valence-electron chi connectivity index (χ3n) is 4.66. The molecule has 0 radical (unpaired) electrons. The van der Waals surface area contributed by atoms with Crippen LogP contribution >= 0.6 is 15.9 Å². The molecule has 134 valence electrons. The van der Waals surface area contributed by atoms with Gasteiger partial charge in [-0.05, 0) is 50.6 Å². The number of hydrogen-bond acceptors (Lipinski definition) is 3. The Morgan fingerprint density at radius 3 is 2.84 bits per heavy atom. The predicted molar refractivity (Wildman–Crippen MR) is 107 cm³/mol. The minimum absolute atomic E-state index is 0.207. The molecule has 1 aliphatic heterocycles. The lowest BCUT2D eigenvalue weighted by atomic mass is 9.94. The van der Waals surface area contributed by atoms with Gasteiger partial charge in [0.25, 0.3) is 0 Å². The van der Waals surface area contributed by atoms with Crippen LogP contribution in [0.4, 0.5) is 0 Å². The smallest absolute Gasteiger partial charge is 0.124 e. The minimum atomic E-state index is 0.207. The van der Waals surface area contributed by atoms with Crippen LogP contribution in [0.1, 0.15) is 36.1 Å². The van der Waals surface area contributed by atoms with Gasteiger partial charge in [-0.2, -0.15) is 0 Å². The molecule has 25 heavy (non-hydrogen) atoms. The number of aryl methyl sites for hydroxylation is 1. The molecule has 2 aromatic carbocycles. The number of nitrogens with one attached hydrogen (secondary N) is 1. The van der Waals surface area contributed by atoms with Crippen LogP contribution in [0.5, 0.6) is 5.75 Å². The second kappa shape index (κ2) is 8.84. The second-order valence-electron chi connectivity index (χ2n) is 6.57. The molecule has 0 bridgehead atoms. The summed E-state index contributed by atoms with van der Waals surface area (Å²) in [6, 6.07) is 15.4. The zero-order chi connectivity index (χ0) is 17.6. The quantitative estimate of drug-likeness (QED) is 0.793. The summed E-state index contributed by atoms with van der Waals surface area (Å²) in [6.07, 6.45) is 1.17. The van der Waals surface area contributed by atoms with E-state index in [1.807, 2.05) is 6.92 Å². The van der Waals surface area contributed by atoms with Crippen LogP contribution in [0, 0.1) is 6.92 Å². The van der Waals surface area contributed by atoms with Crippen molar-refractivity contribution in [3.63, 3.8) is 0 Å². The number of nitrogens with zero attached hydrogens (tertiary/aromatic N) is 1. The van der Waals surface area contributed by atoms with Crippen LogP contribution in [0.3, 0.4) is 0 Å². The normalized spacial score (nSPS) is 17.1. The summed E-state index contributed by atoms with van der Waals surface area (Å²) in [6.45, 7) is 9.13. The van der Waals surface area contributed by atoms with Crippen molar-refractivity contribution in [2.75, 3.05) is 32.8 Å². The third-order valence-corrected chi connectivity index (χ3v) is 5.16. The van der Waals surface area contributed by atoms with Crippen LogP contribution in [-0.4, -0.2) is 37.7 Å². The van der Waals surface area contributed by atoms with E-state index in [0.717, 1.165) is 36.4 Å². The van der Waals surface area contributed by atoms with Crippen LogP contribution in [0.2, 0.25) is 0 Å². The highest BCUT2D eigenvalue weighted by molar-refractivity contribution is 9.10. The Bertz CT molecular complexity index is 696. The first-order valence-corrected chi connectivity index (χ1v) is 9.92. The van der Waals surface area contributed by atoms with E-state index in [4.69, 9.17) is 4.74 Å². The van der Waals surface area contributed by atoms with Gasteiger partial charge in [-0.25, -0.2) is 0 Å². The highest BCUT2D eigenvalue weighted by Crippen LogP contribution is 2.37. The fraction of sp³-hybridized carbons (Fsp3) is 0.429. The summed E-state index contributed by atoms with van der Waals surface area (Å²) >= 11 is 3.66. The molecule has 0 saturated carbocycles. The van der Waals surface area contributed by atoms with E-state index in [1.165, 1.54) is 23.1 Å². The fourth-order valence-corrected chi connectivity index (χ4v) is 3.95. The largest absolute Gasteiger partial charge is 0.494 e. The number of halogens is 1. The third kappa shape index (κ3) is 4.63. The van der Waals surface area contributed by atoms with E-state index in [-0.39, 0.29) is 6.04 Å². The lowest BCUT2D eigenvalue weighted by Gasteiger charge is -2.32. The van der Waals surface area contributed by atoms with Gasteiger partial charge in [-0.1, -0.05) is 45.8 Å². The van der Waals surface area contributed by atoms with Gasteiger partial charge >= 0.3 is 0 Å². The standard InChI is InChI=1S/C21H27BrN2O/c1-3-25-20-9-8-18(22)15-19(20)21(17-7-4-6-16(2)14-17)24-12-5-10-23-11-13-24/h4,6-9,14-15,21,23H,3,5,10-13H2,1-2H3. The predicted octanol–water partition coefficient (Wildman–Crippen LogP) is 4.54. The highest BCUT2D eigenvalue weighted by atomic mass is 79.9. The molecule has 0 aliphatic carbocycles. The average molecular weight is 403 g/mol. The van der Waals surface area contributed by atoms with Crippen molar-refractivity contribution in [1.82, 2.24) is 10.2 Å². The van der Waals surface area contributed by atoms with Gasteiger partial charge < -0.3 is 10.1 Å². The molecule has 3 rings (SSSR count). The van der Waals surface area contributed by atoms with Crippen molar-refractivity contribution in [2.24, 2.45) is 0 Å². The number of hydrogen-bond donors (Lipinski definition) is 1. The van der Waals surface area contributed by atoms with Crippen molar-refractivity contribution < 1.29 is 4.74 Å². The Kier molecular flexibility index (Phi) is 6.51. The average Bonchev–Trinajstić information content (AvgIpc) is 2.87. The van der Waals surface area contributed by atoms with E-state index < -0.39 is 0 Å². The van der Waals surface area contributed by atoms with Crippen LogP contribution < -0.4 is 10.1 Å². The molecule has 0 aromatic heterocycles. The van der Waals surface area contributed by atoms with Crippen molar-refractivity contribution >= 4 is 15.9 Å². The molecule has 1 N–H and O–H groups in total. The molecule has 1 fully saturated rings. The van der Waals surface area contributed by atoms with Gasteiger partial charge in [-0.3, -0.25) is 4.90 Å². The molecular formula is C21H27BrN2O. The summed E-state index contributed by atoms with van der Waals surface area (Å²) in [4.78, 5) is 2.58. The molecule has 2 aromatic rings. The zero-order valence-corrected chi connectivity index (χ0v) is 16.7. The van der Waals surface area contributed by atoms with E-state index in [0.29, 0.717) is 6.61 Å². The summed E-state index contributed by atoms with van der Waals surface area (Å²) in [5.41, 5.74) is 3.87. The summed E-state index contributed by atoms with van der Waals surface area (Å²) in [7, 11) is 0. The monoisotopic (exact) mass is 402 g/mol. The minimum Gasteiger partial charge on any atom is -0.494 e. The second-order valence-corrected chi connectivity index (χ2v) is 7.49. The Morgan fingerprint density at radius 2 is 2.04 bits per heavy atom. The molecule has 1 unspecified atom stereocenters. The molecule has 1 aliphatic rings. The molecule has 3 nitrogen and oxygen atoms in total. The van der Waals surface area contributed by atoms with E-state index in [1.54, 1.807) is 0 Å².